The van der Waals surface area contributed by atoms with Crippen molar-refractivity contribution in [2.45, 2.75) is 52.0 Å². The van der Waals surface area contributed by atoms with Gasteiger partial charge in [-0.05, 0) is 40.9 Å². The van der Waals surface area contributed by atoms with Crippen molar-refractivity contribution < 1.29 is 9.21 Å². The van der Waals surface area contributed by atoms with Gasteiger partial charge in [0.25, 0.3) is 5.91 Å². The molecule has 1 amide bonds. The highest BCUT2D eigenvalue weighted by atomic mass is 79.9. The SMILES string of the molecule is CCCCC(CCC)NC(=O)c1ccc(Br)o1. The van der Waals surface area contributed by atoms with Gasteiger partial charge >= 0.3 is 0 Å². The molecule has 0 radical (unpaired) electrons. The van der Waals surface area contributed by atoms with Crippen LogP contribution in [-0.4, -0.2) is 11.9 Å². The Labute approximate surface area is 111 Å². The van der Waals surface area contributed by atoms with E-state index < -0.39 is 0 Å². The predicted molar refractivity (Wildman–Crippen MR) is 72.1 cm³/mol. The van der Waals surface area contributed by atoms with Gasteiger partial charge in [0.2, 0.25) is 0 Å². The van der Waals surface area contributed by atoms with Gasteiger partial charge in [-0.15, -0.1) is 0 Å². The molecule has 1 heterocycles. The lowest BCUT2D eigenvalue weighted by Crippen LogP contribution is -2.34. The molecule has 0 aliphatic heterocycles. The molecule has 0 aliphatic rings. The molecule has 1 N–H and O–H groups in total. The second kappa shape index (κ2) is 7.54. The molecule has 1 unspecified atom stereocenters. The third-order valence-corrected chi connectivity index (χ3v) is 3.10. The molecule has 0 saturated carbocycles. The molecule has 0 saturated heterocycles. The Morgan fingerprint density at radius 3 is 2.65 bits per heavy atom. The molecule has 1 atom stereocenters. The number of hydrogen-bond donors (Lipinski definition) is 1. The molecule has 3 nitrogen and oxygen atoms in total. The summed E-state index contributed by atoms with van der Waals surface area (Å²) in [6.07, 6.45) is 5.44. The van der Waals surface area contributed by atoms with E-state index in [1.54, 1.807) is 12.1 Å². The van der Waals surface area contributed by atoms with Crippen LogP contribution >= 0.6 is 15.9 Å². The minimum absolute atomic E-state index is 0.120. The Balaban J connectivity index is 2.51. The zero-order valence-corrected chi connectivity index (χ0v) is 12.0. The summed E-state index contributed by atoms with van der Waals surface area (Å²) in [5.74, 6) is 0.250. The fraction of sp³-hybridized carbons (Fsp3) is 0.615. The minimum Gasteiger partial charge on any atom is -0.444 e. The Bertz CT molecular complexity index is 349. The second-order valence-electron chi connectivity index (χ2n) is 4.21. The van der Waals surface area contributed by atoms with Gasteiger partial charge < -0.3 is 9.73 Å². The summed E-state index contributed by atoms with van der Waals surface area (Å²) in [7, 11) is 0. The number of carbonyl (C=O) groups is 1. The van der Waals surface area contributed by atoms with Gasteiger partial charge in [0, 0.05) is 6.04 Å². The maximum Gasteiger partial charge on any atom is 0.287 e. The number of carbonyl (C=O) groups excluding carboxylic acids is 1. The largest absolute Gasteiger partial charge is 0.444 e. The zero-order chi connectivity index (χ0) is 12.7. The molecule has 4 heteroatoms. The van der Waals surface area contributed by atoms with Crippen LogP contribution in [0.5, 0.6) is 0 Å². The first-order valence-electron chi connectivity index (χ1n) is 6.23. The van der Waals surface area contributed by atoms with Crippen molar-refractivity contribution in [3.63, 3.8) is 0 Å². The minimum atomic E-state index is -0.120. The third kappa shape index (κ3) is 4.94. The van der Waals surface area contributed by atoms with Crippen LogP contribution in [0.15, 0.2) is 21.2 Å². The van der Waals surface area contributed by atoms with Crippen LogP contribution in [0.1, 0.15) is 56.5 Å². The van der Waals surface area contributed by atoms with Gasteiger partial charge in [0.15, 0.2) is 10.4 Å². The molecule has 96 valence electrons. The molecule has 1 aromatic heterocycles. The van der Waals surface area contributed by atoms with Crippen LogP contribution in [-0.2, 0) is 0 Å². The Morgan fingerprint density at radius 2 is 2.12 bits per heavy atom. The standard InChI is InChI=1S/C13H20BrNO2/c1-3-5-7-10(6-4-2)15-13(16)11-8-9-12(14)17-11/h8-10H,3-7H2,1-2H3,(H,15,16). The number of unbranched alkanes of at least 4 members (excludes halogenated alkanes) is 1. The number of rotatable bonds is 7. The highest BCUT2D eigenvalue weighted by Gasteiger charge is 2.15. The van der Waals surface area contributed by atoms with E-state index in [1.807, 2.05) is 0 Å². The topological polar surface area (TPSA) is 42.2 Å². The predicted octanol–water partition coefficient (Wildman–Crippen LogP) is 4.13. The highest BCUT2D eigenvalue weighted by molar-refractivity contribution is 9.10. The van der Waals surface area contributed by atoms with Crippen LogP contribution in [0.2, 0.25) is 0 Å². The van der Waals surface area contributed by atoms with Crippen molar-refractivity contribution in [2.24, 2.45) is 0 Å². The smallest absolute Gasteiger partial charge is 0.287 e. The highest BCUT2D eigenvalue weighted by Crippen LogP contribution is 2.15. The van der Waals surface area contributed by atoms with E-state index >= 15 is 0 Å². The molecule has 0 aromatic carbocycles. The maximum absolute atomic E-state index is 11.9. The summed E-state index contributed by atoms with van der Waals surface area (Å²) < 4.78 is 5.82. The first kappa shape index (κ1) is 14.3. The normalized spacial score (nSPS) is 12.4. The van der Waals surface area contributed by atoms with Gasteiger partial charge in [-0.3, -0.25) is 4.79 Å². The fourth-order valence-electron chi connectivity index (χ4n) is 1.78. The molecule has 1 aromatic rings. The van der Waals surface area contributed by atoms with Crippen molar-refractivity contribution in [2.75, 3.05) is 0 Å². The van der Waals surface area contributed by atoms with Crippen LogP contribution in [0.25, 0.3) is 0 Å². The van der Waals surface area contributed by atoms with E-state index in [0.29, 0.717) is 10.4 Å². The van der Waals surface area contributed by atoms with E-state index in [2.05, 4.69) is 35.1 Å². The first-order chi connectivity index (χ1) is 8.17. The summed E-state index contributed by atoms with van der Waals surface area (Å²) >= 11 is 3.19. The monoisotopic (exact) mass is 301 g/mol. The molecular formula is C13H20BrNO2. The third-order valence-electron chi connectivity index (χ3n) is 2.68. The number of hydrogen-bond acceptors (Lipinski definition) is 2. The van der Waals surface area contributed by atoms with Crippen molar-refractivity contribution >= 4 is 21.8 Å². The van der Waals surface area contributed by atoms with Crippen molar-refractivity contribution in [1.82, 2.24) is 5.32 Å². The molecule has 0 aliphatic carbocycles. The summed E-state index contributed by atoms with van der Waals surface area (Å²) in [6, 6.07) is 3.68. The molecule has 1 rings (SSSR count). The van der Waals surface area contributed by atoms with Gasteiger partial charge in [0.1, 0.15) is 0 Å². The van der Waals surface area contributed by atoms with Gasteiger partial charge in [-0.1, -0.05) is 33.1 Å². The molecule has 0 bridgehead atoms. The first-order valence-corrected chi connectivity index (χ1v) is 7.02. The summed E-state index contributed by atoms with van der Waals surface area (Å²) in [6.45, 7) is 4.29. The summed E-state index contributed by atoms with van der Waals surface area (Å²) in [5, 5.41) is 3.03. The average Bonchev–Trinajstić information content (AvgIpc) is 2.73. The van der Waals surface area contributed by atoms with Gasteiger partial charge in [-0.2, -0.15) is 0 Å². The van der Waals surface area contributed by atoms with Crippen LogP contribution in [0.4, 0.5) is 0 Å². The lowest BCUT2D eigenvalue weighted by molar-refractivity contribution is 0.0902. The van der Waals surface area contributed by atoms with Gasteiger partial charge in [-0.25, -0.2) is 0 Å². The van der Waals surface area contributed by atoms with E-state index in [0.717, 1.165) is 32.1 Å². The molecular weight excluding hydrogens is 282 g/mol. The van der Waals surface area contributed by atoms with E-state index in [4.69, 9.17) is 4.42 Å². The zero-order valence-electron chi connectivity index (χ0n) is 10.5. The quantitative estimate of drug-likeness (QED) is 0.823. The van der Waals surface area contributed by atoms with Crippen LogP contribution in [0.3, 0.4) is 0 Å². The maximum atomic E-state index is 11.9. The van der Waals surface area contributed by atoms with Gasteiger partial charge in [0.05, 0.1) is 0 Å². The van der Waals surface area contributed by atoms with Crippen molar-refractivity contribution in [1.29, 1.82) is 0 Å². The average molecular weight is 302 g/mol. The molecule has 17 heavy (non-hydrogen) atoms. The van der Waals surface area contributed by atoms with Crippen molar-refractivity contribution in [3.05, 3.63) is 22.6 Å². The number of halogens is 1. The Kier molecular flexibility index (Phi) is 6.34. The fourth-order valence-corrected chi connectivity index (χ4v) is 2.09. The van der Waals surface area contributed by atoms with E-state index in [-0.39, 0.29) is 11.9 Å². The van der Waals surface area contributed by atoms with E-state index in [1.165, 1.54) is 0 Å². The summed E-state index contributed by atoms with van der Waals surface area (Å²) in [5.41, 5.74) is 0. The van der Waals surface area contributed by atoms with E-state index in [9.17, 15) is 4.79 Å². The van der Waals surface area contributed by atoms with Crippen LogP contribution < -0.4 is 5.32 Å². The molecule has 0 fully saturated rings. The summed E-state index contributed by atoms with van der Waals surface area (Å²) in [4.78, 5) is 11.9. The number of furan rings is 1. The lowest BCUT2D eigenvalue weighted by Gasteiger charge is -2.16. The van der Waals surface area contributed by atoms with Crippen molar-refractivity contribution in [3.8, 4) is 0 Å². The Morgan fingerprint density at radius 1 is 1.35 bits per heavy atom. The number of nitrogens with one attached hydrogen (secondary N) is 1. The van der Waals surface area contributed by atoms with Crippen LogP contribution in [0, 0.1) is 0 Å². The Hall–Kier alpha value is -0.770. The molecule has 0 spiro atoms. The number of amides is 1. The second-order valence-corrected chi connectivity index (χ2v) is 4.99. The lowest BCUT2D eigenvalue weighted by atomic mass is 10.1.